The van der Waals surface area contributed by atoms with E-state index >= 15 is 0 Å². The normalized spacial score (nSPS) is 18.2. The Balaban J connectivity index is 2.40. The Hall–Kier alpha value is -1.51. The van der Waals surface area contributed by atoms with E-state index in [1.54, 1.807) is 0 Å². The summed E-state index contributed by atoms with van der Waals surface area (Å²) in [4.78, 5) is 10.7. The largest absolute Gasteiger partial charge is 0.486 e. The molecule has 2 rings (SSSR count). The van der Waals surface area contributed by atoms with E-state index in [1.165, 1.54) is 0 Å². The Kier molecular flexibility index (Phi) is 3.13. The third-order valence-corrected chi connectivity index (χ3v) is 2.91. The van der Waals surface area contributed by atoms with Crippen molar-refractivity contribution >= 4 is 6.29 Å². The maximum absolute atomic E-state index is 10.7. The SMILES string of the molecule is CCC1COc2ccc(C)c(CC=O)c2O1. The van der Waals surface area contributed by atoms with Crippen molar-refractivity contribution in [3.63, 3.8) is 0 Å². The number of benzene rings is 1. The second-order valence-electron chi connectivity index (χ2n) is 4.02. The highest BCUT2D eigenvalue weighted by atomic mass is 16.6. The maximum atomic E-state index is 10.7. The monoisotopic (exact) mass is 220 g/mol. The molecular weight excluding hydrogens is 204 g/mol. The van der Waals surface area contributed by atoms with Crippen LogP contribution in [-0.4, -0.2) is 19.0 Å². The van der Waals surface area contributed by atoms with Gasteiger partial charge in [0.15, 0.2) is 11.5 Å². The van der Waals surface area contributed by atoms with Crippen LogP contribution in [0.4, 0.5) is 0 Å². The van der Waals surface area contributed by atoms with Crippen molar-refractivity contribution in [2.45, 2.75) is 32.8 Å². The molecule has 0 aromatic heterocycles. The van der Waals surface area contributed by atoms with Crippen LogP contribution in [0, 0.1) is 6.92 Å². The van der Waals surface area contributed by atoms with Crippen molar-refractivity contribution in [3.8, 4) is 11.5 Å². The van der Waals surface area contributed by atoms with E-state index in [9.17, 15) is 4.79 Å². The number of rotatable bonds is 3. The summed E-state index contributed by atoms with van der Waals surface area (Å²) in [6.07, 6.45) is 2.30. The number of hydrogen-bond acceptors (Lipinski definition) is 3. The fourth-order valence-electron chi connectivity index (χ4n) is 1.87. The summed E-state index contributed by atoms with van der Waals surface area (Å²) in [7, 11) is 0. The lowest BCUT2D eigenvalue weighted by atomic mass is 10.0. The second kappa shape index (κ2) is 4.56. The van der Waals surface area contributed by atoms with Crippen molar-refractivity contribution in [1.82, 2.24) is 0 Å². The Morgan fingerprint density at radius 2 is 2.31 bits per heavy atom. The van der Waals surface area contributed by atoms with Gasteiger partial charge in [-0.3, -0.25) is 0 Å². The molecule has 16 heavy (non-hydrogen) atoms. The van der Waals surface area contributed by atoms with E-state index in [-0.39, 0.29) is 6.10 Å². The number of ether oxygens (including phenoxy) is 2. The molecule has 1 heterocycles. The van der Waals surface area contributed by atoms with E-state index in [0.29, 0.717) is 13.0 Å². The molecule has 0 amide bonds. The van der Waals surface area contributed by atoms with Gasteiger partial charge in [-0.05, 0) is 25.0 Å². The van der Waals surface area contributed by atoms with Gasteiger partial charge in [-0.15, -0.1) is 0 Å². The summed E-state index contributed by atoms with van der Waals surface area (Å²) in [6.45, 7) is 4.64. The predicted molar refractivity (Wildman–Crippen MR) is 61.1 cm³/mol. The van der Waals surface area contributed by atoms with E-state index in [4.69, 9.17) is 9.47 Å². The van der Waals surface area contributed by atoms with Crippen LogP contribution < -0.4 is 9.47 Å². The minimum absolute atomic E-state index is 0.0969. The summed E-state index contributed by atoms with van der Waals surface area (Å²) in [5.41, 5.74) is 2.02. The van der Waals surface area contributed by atoms with Gasteiger partial charge in [-0.1, -0.05) is 13.0 Å². The fraction of sp³-hybridized carbons (Fsp3) is 0.462. The van der Waals surface area contributed by atoms with Gasteiger partial charge in [0.25, 0.3) is 0 Å². The molecule has 3 heteroatoms. The minimum atomic E-state index is 0.0969. The Labute approximate surface area is 95.4 Å². The zero-order chi connectivity index (χ0) is 11.5. The van der Waals surface area contributed by atoms with Gasteiger partial charge in [-0.2, -0.15) is 0 Å². The molecule has 3 nitrogen and oxygen atoms in total. The molecule has 0 bridgehead atoms. The molecule has 0 saturated carbocycles. The lowest BCUT2D eigenvalue weighted by Gasteiger charge is -2.28. The lowest BCUT2D eigenvalue weighted by Crippen LogP contribution is -2.29. The average molecular weight is 220 g/mol. The summed E-state index contributed by atoms with van der Waals surface area (Å²) in [5.74, 6) is 1.51. The van der Waals surface area contributed by atoms with Gasteiger partial charge in [-0.25, -0.2) is 0 Å². The lowest BCUT2D eigenvalue weighted by molar-refractivity contribution is -0.107. The van der Waals surface area contributed by atoms with Gasteiger partial charge < -0.3 is 14.3 Å². The first kappa shape index (κ1) is 11.0. The highest BCUT2D eigenvalue weighted by Crippen LogP contribution is 2.37. The smallest absolute Gasteiger partial charge is 0.165 e. The third-order valence-electron chi connectivity index (χ3n) is 2.91. The first-order chi connectivity index (χ1) is 7.76. The Morgan fingerprint density at radius 3 is 3.00 bits per heavy atom. The van der Waals surface area contributed by atoms with Crippen molar-refractivity contribution in [3.05, 3.63) is 23.3 Å². The second-order valence-corrected chi connectivity index (χ2v) is 4.02. The van der Waals surface area contributed by atoms with Crippen LogP contribution in [0.15, 0.2) is 12.1 Å². The summed E-state index contributed by atoms with van der Waals surface area (Å²) >= 11 is 0. The van der Waals surface area contributed by atoms with Crippen LogP contribution in [0.1, 0.15) is 24.5 Å². The minimum Gasteiger partial charge on any atom is -0.486 e. The molecule has 1 aromatic rings. The Bertz CT molecular complexity index is 398. The molecule has 1 atom stereocenters. The summed E-state index contributed by atoms with van der Waals surface area (Å²) in [5, 5.41) is 0. The highest BCUT2D eigenvalue weighted by Gasteiger charge is 2.23. The summed E-state index contributed by atoms with van der Waals surface area (Å²) in [6, 6.07) is 3.87. The van der Waals surface area contributed by atoms with Crippen molar-refractivity contribution in [2.24, 2.45) is 0 Å². The van der Waals surface area contributed by atoms with Crippen LogP contribution >= 0.6 is 0 Å². The number of carbonyl (C=O) groups excluding carboxylic acids is 1. The van der Waals surface area contributed by atoms with Gasteiger partial charge >= 0.3 is 0 Å². The molecule has 1 aliphatic heterocycles. The molecular formula is C13H16O3. The fourth-order valence-corrected chi connectivity index (χ4v) is 1.87. The van der Waals surface area contributed by atoms with Gasteiger partial charge in [0.2, 0.25) is 0 Å². The molecule has 0 fully saturated rings. The number of aldehydes is 1. The molecule has 86 valence electrons. The maximum Gasteiger partial charge on any atom is 0.165 e. The predicted octanol–water partition coefficient (Wildman–Crippen LogP) is 2.29. The molecule has 0 aliphatic carbocycles. The molecule has 1 aromatic carbocycles. The first-order valence-electron chi connectivity index (χ1n) is 5.61. The van der Waals surface area contributed by atoms with Crippen LogP contribution in [0.25, 0.3) is 0 Å². The molecule has 1 aliphatic rings. The molecule has 1 unspecified atom stereocenters. The van der Waals surface area contributed by atoms with Gasteiger partial charge in [0, 0.05) is 12.0 Å². The molecule has 0 spiro atoms. The van der Waals surface area contributed by atoms with E-state index in [0.717, 1.165) is 35.3 Å². The first-order valence-corrected chi connectivity index (χ1v) is 5.61. The third kappa shape index (κ3) is 1.90. The van der Waals surface area contributed by atoms with Crippen LogP contribution in [0.5, 0.6) is 11.5 Å². The number of hydrogen-bond donors (Lipinski definition) is 0. The topological polar surface area (TPSA) is 35.5 Å². The zero-order valence-electron chi connectivity index (χ0n) is 9.66. The van der Waals surface area contributed by atoms with Crippen molar-refractivity contribution in [1.29, 1.82) is 0 Å². The number of carbonyl (C=O) groups is 1. The van der Waals surface area contributed by atoms with E-state index in [1.807, 2.05) is 19.1 Å². The standard InChI is InChI=1S/C13H16O3/c1-3-10-8-15-12-5-4-9(2)11(6-7-14)13(12)16-10/h4-5,7,10H,3,6,8H2,1-2H3. The van der Waals surface area contributed by atoms with Crippen LogP contribution in [-0.2, 0) is 11.2 Å². The molecule has 0 N–H and O–H groups in total. The van der Waals surface area contributed by atoms with Crippen molar-refractivity contribution < 1.29 is 14.3 Å². The number of fused-ring (bicyclic) bond motifs is 1. The van der Waals surface area contributed by atoms with Crippen molar-refractivity contribution in [2.75, 3.05) is 6.61 Å². The zero-order valence-corrected chi connectivity index (χ0v) is 9.66. The molecule has 0 saturated heterocycles. The van der Waals surface area contributed by atoms with Crippen LogP contribution in [0.2, 0.25) is 0 Å². The van der Waals surface area contributed by atoms with Gasteiger partial charge in [0.05, 0.1) is 0 Å². The highest BCUT2D eigenvalue weighted by molar-refractivity contribution is 5.62. The van der Waals surface area contributed by atoms with E-state index < -0.39 is 0 Å². The van der Waals surface area contributed by atoms with E-state index in [2.05, 4.69) is 6.92 Å². The Morgan fingerprint density at radius 1 is 1.50 bits per heavy atom. The number of aryl methyl sites for hydroxylation is 1. The summed E-state index contributed by atoms with van der Waals surface area (Å²) < 4.78 is 11.5. The average Bonchev–Trinajstić information content (AvgIpc) is 2.32. The van der Waals surface area contributed by atoms with Gasteiger partial charge in [0.1, 0.15) is 19.0 Å². The van der Waals surface area contributed by atoms with Crippen LogP contribution in [0.3, 0.4) is 0 Å². The molecule has 0 radical (unpaired) electrons. The quantitative estimate of drug-likeness (QED) is 0.733.